The van der Waals surface area contributed by atoms with E-state index in [-0.39, 0.29) is 12.1 Å². The van der Waals surface area contributed by atoms with E-state index >= 15 is 0 Å². The Kier molecular flexibility index (Phi) is 9.30. The maximum atomic E-state index is 11.4. The van der Waals surface area contributed by atoms with E-state index in [1.807, 2.05) is 6.92 Å². The molecule has 0 saturated heterocycles. The van der Waals surface area contributed by atoms with E-state index in [1.54, 1.807) is 6.92 Å². The first-order valence-electron chi connectivity index (χ1n) is 6.43. The molecule has 2 atom stereocenters. The van der Waals surface area contributed by atoms with Crippen LogP contribution in [0.3, 0.4) is 0 Å². The summed E-state index contributed by atoms with van der Waals surface area (Å²) in [4.78, 5) is 11.4. The standard InChI is InChI=1S/C13H26O3/c1-4-5-6-7-8-9-13(15)16-12(3)10-11(2)14/h11-12,14H,4-10H2,1-3H3/t11-,12-/m1/s1. The summed E-state index contributed by atoms with van der Waals surface area (Å²) in [5.41, 5.74) is 0. The van der Waals surface area contributed by atoms with Gasteiger partial charge in [-0.15, -0.1) is 0 Å². The second-order valence-electron chi connectivity index (χ2n) is 4.55. The molecule has 0 radical (unpaired) electrons. The van der Waals surface area contributed by atoms with Gasteiger partial charge in [0.15, 0.2) is 0 Å². The van der Waals surface area contributed by atoms with Crippen LogP contribution in [0.15, 0.2) is 0 Å². The van der Waals surface area contributed by atoms with Gasteiger partial charge in [0.25, 0.3) is 0 Å². The predicted octanol–water partition coefficient (Wildman–Crippen LogP) is 3.05. The number of hydrogen-bond acceptors (Lipinski definition) is 3. The number of aliphatic hydroxyl groups excluding tert-OH is 1. The molecule has 96 valence electrons. The molecule has 0 aromatic rings. The summed E-state index contributed by atoms with van der Waals surface area (Å²) in [6.07, 6.45) is 6.12. The number of aliphatic hydroxyl groups is 1. The Morgan fingerprint density at radius 2 is 1.81 bits per heavy atom. The van der Waals surface area contributed by atoms with Gasteiger partial charge in [0, 0.05) is 12.8 Å². The Morgan fingerprint density at radius 1 is 1.19 bits per heavy atom. The molecule has 0 heterocycles. The summed E-state index contributed by atoms with van der Waals surface area (Å²) in [6, 6.07) is 0. The Bertz CT molecular complexity index is 178. The number of esters is 1. The lowest BCUT2D eigenvalue weighted by molar-refractivity contribution is -0.149. The van der Waals surface area contributed by atoms with Crippen LogP contribution in [-0.4, -0.2) is 23.3 Å². The third kappa shape index (κ3) is 9.97. The molecular formula is C13H26O3. The highest BCUT2D eigenvalue weighted by molar-refractivity contribution is 5.69. The van der Waals surface area contributed by atoms with E-state index in [0.717, 1.165) is 12.8 Å². The Labute approximate surface area is 99.2 Å². The maximum Gasteiger partial charge on any atom is 0.306 e. The van der Waals surface area contributed by atoms with E-state index in [2.05, 4.69) is 6.92 Å². The normalized spacial score (nSPS) is 14.5. The first kappa shape index (κ1) is 15.4. The smallest absolute Gasteiger partial charge is 0.306 e. The molecule has 0 saturated carbocycles. The van der Waals surface area contributed by atoms with Gasteiger partial charge in [-0.2, -0.15) is 0 Å². The number of ether oxygens (including phenoxy) is 1. The average Bonchev–Trinajstić information content (AvgIpc) is 2.15. The van der Waals surface area contributed by atoms with Gasteiger partial charge < -0.3 is 9.84 Å². The van der Waals surface area contributed by atoms with Gasteiger partial charge in [-0.1, -0.05) is 32.6 Å². The van der Waals surface area contributed by atoms with Crippen LogP contribution < -0.4 is 0 Å². The van der Waals surface area contributed by atoms with Crippen molar-refractivity contribution < 1.29 is 14.6 Å². The van der Waals surface area contributed by atoms with E-state index in [0.29, 0.717) is 12.8 Å². The minimum atomic E-state index is -0.410. The fraction of sp³-hybridized carbons (Fsp3) is 0.923. The fourth-order valence-electron chi connectivity index (χ4n) is 1.68. The summed E-state index contributed by atoms with van der Waals surface area (Å²) >= 11 is 0. The summed E-state index contributed by atoms with van der Waals surface area (Å²) < 4.78 is 5.17. The topological polar surface area (TPSA) is 46.5 Å². The predicted molar refractivity (Wildman–Crippen MR) is 65.2 cm³/mol. The molecule has 16 heavy (non-hydrogen) atoms. The highest BCUT2D eigenvalue weighted by atomic mass is 16.5. The minimum Gasteiger partial charge on any atom is -0.463 e. The third-order valence-electron chi connectivity index (χ3n) is 2.49. The summed E-state index contributed by atoms with van der Waals surface area (Å²) in [6.45, 7) is 5.70. The lowest BCUT2D eigenvalue weighted by atomic mass is 10.1. The summed E-state index contributed by atoms with van der Waals surface area (Å²) in [7, 11) is 0. The Hall–Kier alpha value is -0.570. The van der Waals surface area contributed by atoms with Crippen LogP contribution in [0, 0.1) is 0 Å². The van der Waals surface area contributed by atoms with Gasteiger partial charge in [-0.05, 0) is 20.3 Å². The highest BCUT2D eigenvalue weighted by Gasteiger charge is 2.11. The number of carbonyl (C=O) groups excluding carboxylic acids is 1. The van der Waals surface area contributed by atoms with E-state index < -0.39 is 6.10 Å². The molecule has 1 N–H and O–H groups in total. The molecule has 0 aliphatic carbocycles. The lowest BCUT2D eigenvalue weighted by Gasteiger charge is -2.14. The highest BCUT2D eigenvalue weighted by Crippen LogP contribution is 2.08. The largest absolute Gasteiger partial charge is 0.463 e. The van der Waals surface area contributed by atoms with Crippen LogP contribution in [0.25, 0.3) is 0 Å². The van der Waals surface area contributed by atoms with Crippen LogP contribution >= 0.6 is 0 Å². The van der Waals surface area contributed by atoms with Crippen molar-refractivity contribution in [3.05, 3.63) is 0 Å². The van der Waals surface area contributed by atoms with Crippen molar-refractivity contribution in [3.8, 4) is 0 Å². The molecule has 0 bridgehead atoms. The number of rotatable bonds is 9. The summed E-state index contributed by atoms with van der Waals surface area (Å²) in [5.74, 6) is -0.135. The first-order valence-corrected chi connectivity index (χ1v) is 6.43. The number of hydrogen-bond donors (Lipinski definition) is 1. The quantitative estimate of drug-likeness (QED) is 0.489. The van der Waals surface area contributed by atoms with Crippen molar-refractivity contribution in [3.63, 3.8) is 0 Å². The van der Waals surface area contributed by atoms with Gasteiger partial charge in [0.05, 0.1) is 6.10 Å². The molecular weight excluding hydrogens is 204 g/mol. The maximum absolute atomic E-state index is 11.4. The van der Waals surface area contributed by atoms with Crippen LogP contribution in [0.5, 0.6) is 0 Å². The van der Waals surface area contributed by atoms with Gasteiger partial charge in [-0.3, -0.25) is 4.79 Å². The number of carbonyl (C=O) groups is 1. The van der Waals surface area contributed by atoms with Crippen molar-refractivity contribution in [1.82, 2.24) is 0 Å². The van der Waals surface area contributed by atoms with E-state index in [1.165, 1.54) is 19.3 Å². The molecule has 0 spiro atoms. The molecule has 0 aliphatic rings. The Balaban J connectivity index is 3.43. The van der Waals surface area contributed by atoms with Gasteiger partial charge >= 0.3 is 5.97 Å². The van der Waals surface area contributed by atoms with Crippen LogP contribution in [0.4, 0.5) is 0 Å². The van der Waals surface area contributed by atoms with Crippen LogP contribution in [-0.2, 0) is 9.53 Å². The Morgan fingerprint density at radius 3 is 2.38 bits per heavy atom. The van der Waals surface area contributed by atoms with Gasteiger partial charge in [-0.25, -0.2) is 0 Å². The van der Waals surface area contributed by atoms with Crippen molar-refractivity contribution >= 4 is 5.97 Å². The van der Waals surface area contributed by atoms with Crippen LogP contribution in [0.1, 0.15) is 65.7 Å². The fourth-order valence-corrected chi connectivity index (χ4v) is 1.68. The minimum absolute atomic E-state index is 0.135. The zero-order chi connectivity index (χ0) is 12.4. The molecule has 3 nitrogen and oxygen atoms in total. The molecule has 0 fully saturated rings. The zero-order valence-corrected chi connectivity index (χ0v) is 10.9. The molecule has 0 amide bonds. The van der Waals surface area contributed by atoms with Crippen molar-refractivity contribution in [2.75, 3.05) is 0 Å². The van der Waals surface area contributed by atoms with E-state index in [9.17, 15) is 4.79 Å². The van der Waals surface area contributed by atoms with Gasteiger partial charge in [0.2, 0.25) is 0 Å². The van der Waals surface area contributed by atoms with Crippen LogP contribution in [0.2, 0.25) is 0 Å². The molecule has 3 heteroatoms. The SMILES string of the molecule is CCCCCCCC(=O)O[C@H](C)C[C@@H](C)O. The summed E-state index contributed by atoms with van der Waals surface area (Å²) in [5, 5.41) is 9.12. The molecule has 0 aromatic carbocycles. The lowest BCUT2D eigenvalue weighted by Crippen LogP contribution is -2.19. The van der Waals surface area contributed by atoms with Crippen molar-refractivity contribution in [2.24, 2.45) is 0 Å². The van der Waals surface area contributed by atoms with Crippen molar-refractivity contribution in [1.29, 1.82) is 0 Å². The molecule has 0 unspecified atom stereocenters. The molecule has 0 aromatic heterocycles. The third-order valence-corrected chi connectivity index (χ3v) is 2.49. The second kappa shape index (κ2) is 9.64. The van der Waals surface area contributed by atoms with Gasteiger partial charge in [0.1, 0.15) is 6.10 Å². The van der Waals surface area contributed by atoms with Crippen molar-refractivity contribution in [2.45, 2.75) is 77.9 Å². The molecule has 0 aliphatic heterocycles. The monoisotopic (exact) mass is 230 g/mol. The molecule has 0 rings (SSSR count). The van der Waals surface area contributed by atoms with E-state index in [4.69, 9.17) is 9.84 Å². The first-order chi connectivity index (χ1) is 7.56. The zero-order valence-electron chi connectivity index (χ0n) is 10.9. The average molecular weight is 230 g/mol. The second-order valence-corrected chi connectivity index (χ2v) is 4.55. The number of unbranched alkanes of at least 4 members (excludes halogenated alkanes) is 4.